The van der Waals surface area contributed by atoms with Gasteiger partial charge < -0.3 is 10.2 Å². The molecule has 0 saturated carbocycles. The topological polar surface area (TPSA) is 47.3 Å². The monoisotopic (exact) mass is 246 g/mol. The van der Waals surface area contributed by atoms with Crippen LogP contribution in [0.5, 0.6) is 11.5 Å². The van der Waals surface area contributed by atoms with Crippen molar-refractivity contribution in [1.29, 1.82) is 0 Å². The summed E-state index contributed by atoms with van der Waals surface area (Å²) >= 11 is 0. The first-order valence-corrected chi connectivity index (χ1v) is 5.62. The van der Waals surface area contributed by atoms with Crippen LogP contribution in [-0.4, -0.2) is 0 Å². The summed E-state index contributed by atoms with van der Waals surface area (Å²) in [5, 5.41) is 0. The summed E-state index contributed by atoms with van der Waals surface area (Å²) in [4.78, 5) is 0. The van der Waals surface area contributed by atoms with E-state index >= 15 is 0 Å². The first-order chi connectivity index (χ1) is 8.61. The fourth-order valence-electron chi connectivity index (χ4n) is 1.86. The first-order valence-electron chi connectivity index (χ1n) is 5.62. The van der Waals surface area contributed by atoms with Crippen LogP contribution in [0.25, 0.3) is 0 Å². The average molecular weight is 246 g/mol. The van der Waals surface area contributed by atoms with Crippen molar-refractivity contribution in [1.82, 2.24) is 0 Å². The van der Waals surface area contributed by atoms with Gasteiger partial charge in [0.2, 0.25) is 0 Å². The van der Waals surface area contributed by atoms with E-state index < -0.39 is 0 Å². The van der Waals surface area contributed by atoms with Crippen molar-refractivity contribution < 1.29 is 9.13 Å². The molecule has 3 N–H and O–H groups in total. The van der Waals surface area contributed by atoms with E-state index in [0.717, 1.165) is 16.8 Å². The van der Waals surface area contributed by atoms with E-state index in [0.29, 0.717) is 5.75 Å². The fourth-order valence-corrected chi connectivity index (χ4v) is 1.86. The van der Waals surface area contributed by atoms with Gasteiger partial charge >= 0.3 is 0 Å². The zero-order valence-electron chi connectivity index (χ0n) is 10.3. The lowest BCUT2D eigenvalue weighted by Gasteiger charge is -2.12. The Labute approximate surface area is 105 Å². The van der Waals surface area contributed by atoms with Crippen molar-refractivity contribution in [2.24, 2.45) is 5.84 Å². The Kier molecular flexibility index (Phi) is 3.48. The molecule has 2 rings (SSSR count). The van der Waals surface area contributed by atoms with Gasteiger partial charge in [-0.25, -0.2) is 4.39 Å². The number of rotatable bonds is 3. The minimum atomic E-state index is -0.381. The van der Waals surface area contributed by atoms with Crippen LogP contribution < -0.4 is 16.0 Å². The van der Waals surface area contributed by atoms with Gasteiger partial charge in [-0.2, -0.15) is 0 Å². The fraction of sp³-hybridized carbons (Fsp3) is 0.143. The van der Waals surface area contributed by atoms with E-state index in [1.807, 2.05) is 26.0 Å². The lowest BCUT2D eigenvalue weighted by atomic mass is 10.1. The van der Waals surface area contributed by atoms with E-state index in [-0.39, 0.29) is 11.6 Å². The van der Waals surface area contributed by atoms with Crippen molar-refractivity contribution in [3.8, 4) is 11.5 Å². The molecule has 0 heterocycles. The van der Waals surface area contributed by atoms with Gasteiger partial charge in [0.15, 0.2) is 11.6 Å². The Morgan fingerprint density at radius 3 is 2.28 bits per heavy atom. The Bertz CT molecular complexity index is 546. The molecule has 0 aromatic heterocycles. The molecular formula is C14H15FN2O. The third kappa shape index (κ3) is 2.43. The van der Waals surface area contributed by atoms with Crippen LogP contribution in [0.15, 0.2) is 36.4 Å². The molecule has 0 unspecified atom stereocenters. The number of nitrogens with two attached hydrogens (primary N) is 1. The summed E-state index contributed by atoms with van der Waals surface area (Å²) in [6, 6.07) is 9.94. The third-order valence-electron chi connectivity index (χ3n) is 2.72. The molecule has 0 atom stereocenters. The predicted octanol–water partition coefficient (Wildman–Crippen LogP) is 3.52. The molecule has 2 aromatic carbocycles. The number of para-hydroxylation sites is 1. The van der Waals surface area contributed by atoms with Crippen LogP contribution in [0.4, 0.5) is 10.1 Å². The standard InChI is InChI=1S/C14H15FN2O/c1-9-7-11(8-10(2)14(9)17-16)18-13-6-4-3-5-12(13)15/h3-8,17H,16H2,1-2H3. The number of nitrogens with one attached hydrogen (secondary N) is 1. The second kappa shape index (κ2) is 5.06. The molecule has 3 nitrogen and oxygen atoms in total. The number of nitrogen functional groups attached to an aromatic ring is 1. The smallest absolute Gasteiger partial charge is 0.165 e. The zero-order valence-corrected chi connectivity index (χ0v) is 10.3. The van der Waals surface area contributed by atoms with E-state index in [2.05, 4.69) is 5.43 Å². The maximum absolute atomic E-state index is 13.5. The van der Waals surface area contributed by atoms with Crippen LogP contribution in [0.2, 0.25) is 0 Å². The summed E-state index contributed by atoms with van der Waals surface area (Å²) in [5.74, 6) is 5.85. The van der Waals surface area contributed by atoms with Crippen molar-refractivity contribution in [3.05, 3.63) is 53.3 Å². The molecular weight excluding hydrogens is 231 g/mol. The second-order valence-corrected chi connectivity index (χ2v) is 4.11. The number of aryl methyl sites for hydroxylation is 2. The molecule has 0 aliphatic heterocycles. The molecule has 0 aliphatic rings. The van der Waals surface area contributed by atoms with E-state index in [4.69, 9.17) is 10.6 Å². The summed E-state index contributed by atoms with van der Waals surface area (Å²) in [7, 11) is 0. The minimum Gasteiger partial charge on any atom is -0.454 e. The van der Waals surface area contributed by atoms with Gasteiger partial charge in [0, 0.05) is 0 Å². The highest BCUT2D eigenvalue weighted by Crippen LogP contribution is 2.29. The molecule has 0 spiro atoms. The SMILES string of the molecule is Cc1cc(Oc2ccccc2F)cc(C)c1NN. The van der Waals surface area contributed by atoms with Gasteiger partial charge in [0.1, 0.15) is 5.75 Å². The zero-order chi connectivity index (χ0) is 13.1. The van der Waals surface area contributed by atoms with Crippen molar-refractivity contribution >= 4 is 5.69 Å². The maximum Gasteiger partial charge on any atom is 0.165 e. The molecule has 0 saturated heterocycles. The molecule has 4 heteroatoms. The Balaban J connectivity index is 2.34. The molecule has 94 valence electrons. The highest BCUT2D eigenvalue weighted by molar-refractivity contribution is 5.59. The lowest BCUT2D eigenvalue weighted by molar-refractivity contribution is 0.442. The summed E-state index contributed by atoms with van der Waals surface area (Å²) in [6.07, 6.45) is 0. The molecule has 0 amide bonds. The van der Waals surface area contributed by atoms with Gasteiger partial charge in [-0.05, 0) is 49.2 Å². The van der Waals surface area contributed by atoms with Crippen LogP contribution >= 0.6 is 0 Å². The third-order valence-corrected chi connectivity index (χ3v) is 2.72. The number of ether oxygens (including phenoxy) is 1. The normalized spacial score (nSPS) is 10.2. The maximum atomic E-state index is 13.5. The summed E-state index contributed by atoms with van der Waals surface area (Å²) < 4.78 is 19.0. The Hall–Kier alpha value is -2.07. The van der Waals surface area contributed by atoms with Crippen LogP contribution in [0.1, 0.15) is 11.1 Å². The average Bonchev–Trinajstić information content (AvgIpc) is 2.32. The summed E-state index contributed by atoms with van der Waals surface area (Å²) in [5.41, 5.74) is 5.39. The lowest BCUT2D eigenvalue weighted by Crippen LogP contribution is -2.09. The van der Waals surface area contributed by atoms with E-state index in [1.165, 1.54) is 6.07 Å². The highest BCUT2D eigenvalue weighted by Gasteiger charge is 2.07. The number of hydrogen-bond donors (Lipinski definition) is 2. The second-order valence-electron chi connectivity index (χ2n) is 4.11. The number of halogens is 1. The first kappa shape index (κ1) is 12.4. The highest BCUT2D eigenvalue weighted by atomic mass is 19.1. The van der Waals surface area contributed by atoms with Gasteiger partial charge in [0.05, 0.1) is 5.69 Å². The quantitative estimate of drug-likeness (QED) is 0.643. The Morgan fingerprint density at radius 2 is 1.72 bits per heavy atom. The number of hydrazine groups is 1. The predicted molar refractivity (Wildman–Crippen MR) is 70.2 cm³/mol. The number of benzene rings is 2. The van der Waals surface area contributed by atoms with Gasteiger partial charge in [-0.3, -0.25) is 5.84 Å². The van der Waals surface area contributed by atoms with Gasteiger partial charge in [-0.15, -0.1) is 0 Å². The molecule has 0 radical (unpaired) electrons. The van der Waals surface area contributed by atoms with Crippen LogP contribution in [0.3, 0.4) is 0 Å². The molecule has 0 aliphatic carbocycles. The number of hydrogen-bond acceptors (Lipinski definition) is 3. The molecule has 18 heavy (non-hydrogen) atoms. The van der Waals surface area contributed by atoms with Crippen LogP contribution in [0, 0.1) is 19.7 Å². The van der Waals surface area contributed by atoms with E-state index in [9.17, 15) is 4.39 Å². The van der Waals surface area contributed by atoms with Crippen molar-refractivity contribution in [2.45, 2.75) is 13.8 Å². The number of anilines is 1. The van der Waals surface area contributed by atoms with Crippen LogP contribution in [-0.2, 0) is 0 Å². The van der Waals surface area contributed by atoms with Gasteiger partial charge in [-0.1, -0.05) is 12.1 Å². The summed E-state index contributed by atoms with van der Waals surface area (Å²) in [6.45, 7) is 3.83. The minimum absolute atomic E-state index is 0.213. The largest absolute Gasteiger partial charge is 0.454 e. The molecule has 0 fully saturated rings. The van der Waals surface area contributed by atoms with Crippen molar-refractivity contribution in [2.75, 3.05) is 5.43 Å². The molecule has 0 bridgehead atoms. The molecule has 2 aromatic rings. The van der Waals surface area contributed by atoms with Gasteiger partial charge in [0.25, 0.3) is 0 Å². The Morgan fingerprint density at radius 1 is 1.11 bits per heavy atom. The van der Waals surface area contributed by atoms with E-state index in [1.54, 1.807) is 18.2 Å². The van der Waals surface area contributed by atoms with Crippen molar-refractivity contribution in [3.63, 3.8) is 0 Å².